The highest BCUT2D eigenvalue weighted by Crippen LogP contribution is 2.43. The van der Waals surface area contributed by atoms with Gasteiger partial charge in [-0.2, -0.15) is 0 Å². The number of benzene rings is 1. The van der Waals surface area contributed by atoms with Gasteiger partial charge in [0.25, 0.3) is 0 Å². The number of nitrogens with zero attached hydrogens (tertiary/aromatic N) is 3. The van der Waals surface area contributed by atoms with Crippen molar-refractivity contribution in [2.24, 2.45) is 16.3 Å². The standard InChI is InChI=1S/C32H41ClF2N4O6S2Si/c1-32(31(42)45-16-18-48(2,3)4)11-7-20(8-12-32)47(43,44)39-14-9-19(10-15-39)26-23(30(40)41)27(21-5-6-22(34)25(35)24(21)33)38-28(37-26)29-36-13-17-46-29/h5-6,13,17,19-20,27H,7-12,14-16,18H2,1-4H3,(H,37,38)(H,40,41). The molecular weight excluding hydrogens is 702 g/mol. The highest BCUT2D eigenvalue weighted by molar-refractivity contribution is 7.89. The Morgan fingerprint density at radius 2 is 1.83 bits per heavy atom. The highest BCUT2D eigenvalue weighted by Gasteiger charge is 2.45. The number of hydrogen-bond acceptors (Lipinski definition) is 9. The minimum Gasteiger partial charge on any atom is -0.478 e. The molecule has 0 spiro atoms. The Kier molecular flexibility index (Phi) is 10.9. The minimum absolute atomic E-state index is 0.00901. The van der Waals surface area contributed by atoms with Gasteiger partial charge in [0.05, 0.1) is 27.9 Å². The summed E-state index contributed by atoms with van der Waals surface area (Å²) in [6, 6.07) is 1.71. The van der Waals surface area contributed by atoms with E-state index in [1.54, 1.807) is 11.6 Å². The number of carboxylic acid groups (broad SMARTS) is 1. The third-order valence-corrected chi connectivity index (χ3v) is 14.8. The normalized spacial score (nSPS) is 24.6. The number of carbonyl (C=O) groups is 2. The van der Waals surface area contributed by atoms with Crippen LogP contribution in [0.25, 0.3) is 0 Å². The molecule has 3 aliphatic rings. The van der Waals surface area contributed by atoms with E-state index in [0.29, 0.717) is 55.8 Å². The molecule has 262 valence electrons. The summed E-state index contributed by atoms with van der Waals surface area (Å²) in [7, 11) is -5.05. The first-order valence-corrected chi connectivity index (χ1v) is 22.5. The molecule has 1 saturated heterocycles. The molecule has 1 atom stereocenters. The molecule has 0 bridgehead atoms. The summed E-state index contributed by atoms with van der Waals surface area (Å²) in [4.78, 5) is 34.5. The van der Waals surface area contributed by atoms with Crippen molar-refractivity contribution in [3.63, 3.8) is 0 Å². The molecule has 2 aliphatic heterocycles. The number of amidine groups is 1. The Hall–Kier alpha value is -2.72. The van der Waals surface area contributed by atoms with Gasteiger partial charge in [0.2, 0.25) is 10.0 Å². The Balaban J connectivity index is 1.31. The number of thiazole rings is 1. The smallest absolute Gasteiger partial charge is 0.335 e. The monoisotopic (exact) mass is 742 g/mol. The van der Waals surface area contributed by atoms with Crippen molar-refractivity contribution in [2.75, 3.05) is 19.7 Å². The molecular formula is C32H41ClF2N4O6S2Si. The molecule has 48 heavy (non-hydrogen) atoms. The average Bonchev–Trinajstić information content (AvgIpc) is 3.58. The fourth-order valence-corrected chi connectivity index (χ4v) is 10.0. The van der Waals surface area contributed by atoms with E-state index in [0.717, 1.165) is 12.1 Å². The molecule has 3 heterocycles. The number of nitrogens with one attached hydrogen (secondary N) is 1. The van der Waals surface area contributed by atoms with Crippen molar-refractivity contribution in [1.82, 2.24) is 14.6 Å². The average molecular weight is 743 g/mol. The van der Waals surface area contributed by atoms with Crippen molar-refractivity contribution < 1.29 is 36.6 Å². The minimum atomic E-state index is -3.69. The van der Waals surface area contributed by atoms with Crippen LogP contribution in [0.1, 0.15) is 62.1 Å². The lowest BCUT2D eigenvalue weighted by Gasteiger charge is -2.39. The van der Waals surface area contributed by atoms with Crippen LogP contribution in [0, 0.1) is 23.0 Å². The number of esters is 1. The van der Waals surface area contributed by atoms with E-state index in [9.17, 15) is 31.9 Å². The first-order chi connectivity index (χ1) is 22.5. The van der Waals surface area contributed by atoms with Crippen LogP contribution in [0.15, 0.2) is 40.0 Å². The molecule has 16 heteroatoms. The maximum absolute atomic E-state index is 14.5. The van der Waals surface area contributed by atoms with E-state index in [1.165, 1.54) is 21.7 Å². The zero-order valence-corrected chi connectivity index (χ0v) is 30.8. The number of halogens is 3. The number of ether oxygens (including phenoxy) is 1. The molecule has 0 amide bonds. The second-order valence-electron chi connectivity index (χ2n) is 14.2. The summed E-state index contributed by atoms with van der Waals surface area (Å²) in [5, 5.41) is 14.5. The number of aliphatic imine (C=N–C) groups is 1. The van der Waals surface area contributed by atoms with Gasteiger partial charge in [0.15, 0.2) is 22.5 Å². The second kappa shape index (κ2) is 14.3. The van der Waals surface area contributed by atoms with E-state index in [4.69, 9.17) is 16.3 Å². The Morgan fingerprint density at radius 3 is 2.42 bits per heavy atom. The number of hydrogen-bond donors (Lipinski definition) is 2. The zero-order chi connectivity index (χ0) is 35.0. The van der Waals surface area contributed by atoms with Gasteiger partial charge in [0.1, 0.15) is 6.04 Å². The lowest BCUT2D eigenvalue weighted by molar-refractivity contribution is -0.156. The number of rotatable bonds is 10. The summed E-state index contributed by atoms with van der Waals surface area (Å²) in [5.41, 5.74) is -0.585. The van der Waals surface area contributed by atoms with Crippen molar-refractivity contribution in [3.05, 3.63) is 62.2 Å². The lowest BCUT2D eigenvalue weighted by atomic mass is 9.75. The van der Waals surface area contributed by atoms with Crippen LogP contribution in [-0.2, 0) is 24.3 Å². The van der Waals surface area contributed by atoms with E-state index >= 15 is 0 Å². The number of carboxylic acids is 1. The predicted molar refractivity (Wildman–Crippen MR) is 183 cm³/mol. The van der Waals surface area contributed by atoms with Gasteiger partial charge in [-0.15, -0.1) is 11.3 Å². The van der Waals surface area contributed by atoms with Crippen LogP contribution in [0.4, 0.5) is 8.78 Å². The summed E-state index contributed by atoms with van der Waals surface area (Å²) in [6.45, 7) is 9.22. The van der Waals surface area contributed by atoms with Gasteiger partial charge in [-0.1, -0.05) is 37.3 Å². The first kappa shape index (κ1) is 36.6. The molecule has 1 aliphatic carbocycles. The molecule has 2 aromatic rings. The molecule has 0 radical (unpaired) electrons. The van der Waals surface area contributed by atoms with Crippen molar-refractivity contribution >= 4 is 58.8 Å². The SMILES string of the molecule is CC1(C(=O)OCC[Si](C)(C)C)CCC(S(=O)(=O)N2CCC(C3=C(C(=O)O)C(c4ccc(F)c(F)c4Cl)N=C(c4nccs4)N3)CC2)CC1. The largest absolute Gasteiger partial charge is 0.478 e. The van der Waals surface area contributed by atoms with Crippen molar-refractivity contribution in [3.8, 4) is 0 Å². The third-order valence-electron chi connectivity index (χ3n) is 9.56. The van der Waals surface area contributed by atoms with Gasteiger partial charge in [-0.25, -0.2) is 31.3 Å². The maximum Gasteiger partial charge on any atom is 0.335 e. The number of aromatic nitrogens is 1. The summed E-state index contributed by atoms with van der Waals surface area (Å²) in [5.74, 6) is -4.19. The molecule has 1 aromatic heterocycles. The van der Waals surface area contributed by atoms with Gasteiger partial charge in [0, 0.05) is 49.9 Å². The lowest BCUT2D eigenvalue weighted by Crippen LogP contribution is -2.47. The Morgan fingerprint density at radius 1 is 1.17 bits per heavy atom. The topological polar surface area (TPSA) is 138 Å². The first-order valence-electron chi connectivity index (χ1n) is 16.0. The number of allylic oxidation sites excluding steroid dienone is 1. The molecule has 5 rings (SSSR count). The van der Waals surface area contributed by atoms with Crippen molar-refractivity contribution in [2.45, 2.75) is 82.4 Å². The zero-order valence-electron chi connectivity index (χ0n) is 27.4. The third kappa shape index (κ3) is 7.69. The van der Waals surface area contributed by atoms with Crippen LogP contribution < -0.4 is 5.32 Å². The molecule has 1 aromatic carbocycles. The summed E-state index contributed by atoms with van der Waals surface area (Å²) >= 11 is 7.46. The van der Waals surface area contributed by atoms with E-state index in [2.05, 4.69) is 34.9 Å². The van der Waals surface area contributed by atoms with Crippen molar-refractivity contribution in [1.29, 1.82) is 0 Å². The van der Waals surface area contributed by atoms with E-state index in [-0.39, 0.29) is 36.0 Å². The number of piperidine rings is 1. The predicted octanol–water partition coefficient (Wildman–Crippen LogP) is 6.38. The number of aliphatic carboxylic acids is 1. The summed E-state index contributed by atoms with van der Waals surface area (Å²) in [6.07, 6.45) is 3.74. The van der Waals surface area contributed by atoms with Crippen LogP contribution in [-0.4, -0.2) is 73.6 Å². The van der Waals surface area contributed by atoms with Crippen LogP contribution in [0.2, 0.25) is 30.7 Å². The molecule has 10 nitrogen and oxygen atoms in total. The van der Waals surface area contributed by atoms with Crippen LogP contribution in [0.5, 0.6) is 0 Å². The van der Waals surface area contributed by atoms with Gasteiger partial charge < -0.3 is 15.2 Å². The van der Waals surface area contributed by atoms with E-state index < -0.39 is 63.3 Å². The second-order valence-corrected chi connectivity index (χ2v) is 23.3. The molecule has 1 unspecified atom stereocenters. The van der Waals surface area contributed by atoms with Gasteiger partial charge in [-0.3, -0.25) is 9.79 Å². The van der Waals surface area contributed by atoms with Gasteiger partial charge in [-0.05, 0) is 57.6 Å². The number of sulfonamides is 1. The number of carbonyl (C=O) groups excluding carboxylic acids is 1. The van der Waals surface area contributed by atoms with Crippen LogP contribution >= 0.6 is 22.9 Å². The quantitative estimate of drug-likeness (QED) is 0.163. The van der Waals surface area contributed by atoms with Gasteiger partial charge >= 0.3 is 11.9 Å². The molecule has 2 fully saturated rings. The molecule has 1 saturated carbocycles. The Labute approximate surface area is 289 Å². The molecule has 2 N–H and O–H groups in total. The Bertz CT molecular complexity index is 1720. The van der Waals surface area contributed by atoms with Crippen LogP contribution in [0.3, 0.4) is 0 Å². The fraction of sp³-hybridized carbons (Fsp3) is 0.562. The maximum atomic E-state index is 14.5. The van der Waals surface area contributed by atoms with E-state index in [1.807, 2.05) is 6.92 Å². The summed E-state index contributed by atoms with van der Waals surface area (Å²) < 4.78 is 63.1. The fourth-order valence-electron chi connectivity index (χ4n) is 6.51. The highest BCUT2D eigenvalue weighted by atomic mass is 35.5.